The Kier molecular flexibility index (Phi) is 4.53. The van der Waals surface area contributed by atoms with E-state index in [4.69, 9.17) is 5.73 Å². The summed E-state index contributed by atoms with van der Waals surface area (Å²) < 4.78 is 27.2. The molecular formula is C13H15BrN2O2S2. The smallest absolute Gasteiger partial charge is 0.243 e. The van der Waals surface area contributed by atoms with E-state index in [-0.39, 0.29) is 4.90 Å². The van der Waals surface area contributed by atoms with Crippen molar-refractivity contribution in [2.24, 2.45) is 0 Å². The molecule has 0 radical (unpaired) electrons. The molecule has 0 saturated heterocycles. The second kappa shape index (κ2) is 5.85. The molecule has 4 nitrogen and oxygen atoms in total. The molecule has 0 bridgehead atoms. The van der Waals surface area contributed by atoms with E-state index in [0.717, 1.165) is 5.56 Å². The first-order valence-corrected chi connectivity index (χ1v) is 9.03. The Morgan fingerprint density at radius 1 is 1.40 bits per heavy atom. The lowest BCUT2D eigenvalue weighted by Crippen LogP contribution is -2.27. The summed E-state index contributed by atoms with van der Waals surface area (Å²) in [6, 6.07) is 5.14. The molecule has 1 heterocycles. The number of aryl methyl sites for hydroxylation is 1. The predicted molar refractivity (Wildman–Crippen MR) is 86.3 cm³/mol. The second-order valence-electron chi connectivity index (χ2n) is 4.53. The number of sulfonamides is 1. The molecular weight excluding hydrogens is 360 g/mol. The topological polar surface area (TPSA) is 63.4 Å². The first-order valence-electron chi connectivity index (χ1n) is 5.85. The molecule has 0 aliphatic carbocycles. The highest BCUT2D eigenvalue weighted by molar-refractivity contribution is 9.10. The molecule has 0 unspecified atom stereocenters. The minimum absolute atomic E-state index is 0.246. The van der Waals surface area contributed by atoms with Gasteiger partial charge in [-0.05, 0) is 62.9 Å². The molecule has 2 N–H and O–H groups in total. The van der Waals surface area contributed by atoms with Crippen LogP contribution in [0.15, 0.2) is 38.3 Å². The quantitative estimate of drug-likeness (QED) is 0.835. The number of nitrogens with two attached hydrogens (primary N) is 1. The van der Waals surface area contributed by atoms with E-state index < -0.39 is 10.0 Å². The predicted octanol–water partition coefficient (Wildman–Crippen LogP) is 3.22. The molecule has 0 spiro atoms. The van der Waals surface area contributed by atoms with Crippen LogP contribution in [0.4, 0.5) is 5.69 Å². The van der Waals surface area contributed by atoms with Crippen LogP contribution in [-0.4, -0.2) is 19.8 Å². The van der Waals surface area contributed by atoms with Gasteiger partial charge in [-0.2, -0.15) is 15.6 Å². The molecule has 20 heavy (non-hydrogen) atoms. The largest absolute Gasteiger partial charge is 0.398 e. The summed E-state index contributed by atoms with van der Waals surface area (Å²) in [4.78, 5) is 0.246. The highest BCUT2D eigenvalue weighted by Crippen LogP contribution is 2.28. The number of nitrogen functional groups attached to an aromatic ring is 1. The molecule has 1 aromatic heterocycles. The van der Waals surface area contributed by atoms with Crippen LogP contribution < -0.4 is 5.73 Å². The maximum atomic E-state index is 12.6. The zero-order valence-corrected chi connectivity index (χ0v) is 14.3. The van der Waals surface area contributed by atoms with E-state index >= 15 is 0 Å². The third-order valence-corrected chi connectivity index (χ3v) is 6.33. The van der Waals surface area contributed by atoms with Gasteiger partial charge in [-0.25, -0.2) is 8.42 Å². The summed E-state index contributed by atoms with van der Waals surface area (Å²) in [5, 5.41) is 3.87. The third kappa shape index (κ3) is 3.06. The van der Waals surface area contributed by atoms with Crippen LogP contribution in [-0.2, 0) is 16.6 Å². The van der Waals surface area contributed by atoms with Crippen molar-refractivity contribution < 1.29 is 8.42 Å². The van der Waals surface area contributed by atoms with Gasteiger partial charge < -0.3 is 5.73 Å². The Morgan fingerprint density at radius 3 is 2.70 bits per heavy atom. The van der Waals surface area contributed by atoms with E-state index in [0.29, 0.717) is 22.3 Å². The van der Waals surface area contributed by atoms with Gasteiger partial charge in [-0.3, -0.25) is 0 Å². The van der Waals surface area contributed by atoms with Crippen molar-refractivity contribution in [3.8, 4) is 0 Å². The lowest BCUT2D eigenvalue weighted by molar-refractivity contribution is 0.467. The second-order valence-corrected chi connectivity index (χ2v) is 8.18. The minimum Gasteiger partial charge on any atom is -0.398 e. The van der Waals surface area contributed by atoms with E-state index in [9.17, 15) is 8.42 Å². The lowest BCUT2D eigenvalue weighted by atomic mass is 10.2. The van der Waals surface area contributed by atoms with Crippen molar-refractivity contribution in [2.45, 2.75) is 18.4 Å². The summed E-state index contributed by atoms with van der Waals surface area (Å²) in [7, 11) is -1.97. The summed E-state index contributed by atoms with van der Waals surface area (Å²) in [6.45, 7) is 2.11. The van der Waals surface area contributed by atoms with E-state index in [1.165, 1.54) is 10.4 Å². The molecule has 2 aromatic rings. The SMILES string of the molecule is Cc1cc(Br)c(N)cc1S(=O)(=O)N(C)Cc1ccsc1. The van der Waals surface area contributed by atoms with Crippen LogP contribution >= 0.6 is 27.3 Å². The summed E-state index contributed by atoms with van der Waals surface area (Å²) in [6.07, 6.45) is 0. The lowest BCUT2D eigenvalue weighted by Gasteiger charge is -2.18. The van der Waals surface area contributed by atoms with Gasteiger partial charge in [0.1, 0.15) is 0 Å². The maximum Gasteiger partial charge on any atom is 0.243 e. The van der Waals surface area contributed by atoms with Crippen LogP contribution in [0.1, 0.15) is 11.1 Å². The number of nitrogens with zero attached hydrogens (tertiary/aromatic N) is 1. The summed E-state index contributed by atoms with van der Waals surface area (Å²) in [5.41, 5.74) is 7.85. The van der Waals surface area contributed by atoms with Crippen molar-refractivity contribution >= 4 is 43.0 Å². The van der Waals surface area contributed by atoms with Crippen LogP contribution in [0, 0.1) is 6.92 Å². The Labute approximate surface area is 131 Å². The fourth-order valence-corrected chi connectivity index (χ4v) is 4.35. The van der Waals surface area contributed by atoms with Gasteiger partial charge in [0.15, 0.2) is 0 Å². The van der Waals surface area contributed by atoms with Gasteiger partial charge in [0.25, 0.3) is 0 Å². The van der Waals surface area contributed by atoms with Crippen LogP contribution in [0.3, 0.4) is 0 Å². The Bertz CT molecular complexity index is 712. The number of rotatable bonds is 4. The molecule has 0 fully saturated rings. The van der Waals surface area contributed by atoms with Gasteiger partial charge in [-0.15, -0.1) is 0 Å². The van der Waals surface area contributed by atoms with Gasteiger partial charge in [-0.1, -0.05) is 0 Å². The van der Waals surface area contributed by atoms with Crippen LogP contribution in [0.25, 0.3) is 0 Å². The number of anilines is 1. The number of hydrogen-bond acceptors (Lipinski definition) is 4. The van der Waals surface area contributed by atoms with Crippen LogP contribution in [0.2, 0.25) is 0 Å². The van der Waals surface area contributed by atoms with Gasteiger partial charge in [0.05, 0.1) is 4.90 Å². The summed E-state index contributed by atoms with van der Waals surface area (Å²) >= 11 is 4.85. The molecule has 1 aromatic carbocycles. The van der Waals surface area contributed by atoms with Gasteiger partial charge >= 0.3 is 0 Å². The first-order chi connectivity index (χ1) is 9.32. The number of benzene rings is 1. The van der Waals surface area contributed by atoms with Gasteiger partial charge in [0, 0.05) is 23.8 Å². The molecule has 0 atom stereocenters. The Morgan fingerprint density at radius 2 is 2.10 bits per heavy atom. The van der Waals surface area contributed by atoms with Crippen molar-refractivity contribution in [1.82, 2.24) is 4.31 Å². The minimum atomic E-state index is -3.55. The highest BCUT2D eigenvalue weighted by atomic mass is 79.9. The average molecular weight is 375 g/mol. The zero-order valence-electron chi connectivity index (χ0n) is 11.1. The molecule has 0 amide bonds. The molecule has 7 heteroatoms. The maximum absolute atomic E-state index is 12.6. The Balaban J connectivity index is 2.37. The third-order valence-electron chi connectivity index (χ3n) is 2.97. The number of thiophene rings is 1. The molecule has 2 rings (SSSR count). The van der Waals surface area contributed by atoms with E-state index in [2.05, 4.69) is 15.9 Å². The highest BCUT2D eigenvalue weighted by Gasteiger charge is 2.24. The molecule has 0 saturated carbocycles. The number of hydrogen-bond donors (Lipinski definition) is 1. The number of halogens is 1. The fourth-order valence-electron chi connectivity index (χ4n) is 1.84. The average Bonchev–Trinajstić information content (AvgIpc) is 2.86. The Hall–Kier alpha value is -0.890. The first kappa shape index (κ1) is 15.5. The fraction of sp³-hybridized carbons (Fsp3) is 0.231. The van der Waals surface area contributed by atoms with Crippen molar-refractivity contribution in [3.05, 3.63) is 44.6 Å². The van der Waals surface area contributed by atoms with Gasteiger partial charge in [0.2, 0.25) is 10.0 Å². The van der Waals surface area contributed by atoms with E-state index in [1.807, 2.05) is 16.8 Å². The summed E-state index contributed by atoms with van der Waals surface area (Å²) in [5.74, 6) is 0. The van der Waals surface area contributed by atoms with Crippen molar-refractivity contribution in [1.29, 1.82) is 0 Å². The molecule has 108 valence electrons. The van der Waals surface area contributed by atoms with E-state index in [1.54, 1.807) is 31.4 Å². The monoisotopic (exact) mass is 374 g/mol. The standard InChI is InChI=1S/C13H15BrN2O2S2/c1-9-5-11(14)12(15)6-13(9)20(17,18)16(2)7-10-3-4-19-8-10/h3-6,8H,7,15H2,1-2H3. The normalized spacial score (nSPS) is 12.0. The van der Waals surface area contributed by atoms with Crippen molar-refractivity contribution in [3.63, 3.8) is 0 Å². The molecule has 0 aliphatic heterocycles. The van der Waals surface area contributed by atoms with Crippen LogP contribution in [0.5, 0.6) is 0 Å². The molecule has 0 aliphatic rings. The van der Waals surface area contributed by atoms with Crippen molar-refractivity contribution in [2.75, 3.05) is 12.8 Å². The zero-order chi connectivity index (χ0) is 14.9.